The molecule has 0 atom stereocenters. The predicted octanol–water partition coefficient (Wildman–Crippen LogP) is 1.77. The highest BCUT2D eigenvalue weighted by molar-refractivity contribution is 5.95. The fourth-order valence-corrected chi connectivity index (χ4v) is 2.76. The Morgan fingerprint density at radius 1 is 1.40 bits per heavy atom. The molecule has 1 aliphatic carbocycles. The predicted molar refractivity (Wildman–Crippen MR) is 80.0 cm³/mol. The number of carbonyl (C=O) groups is 1. The molecule has 0 unspecified atom stereocenters. The van der Waals surface area contributed by atoms with Crippen molar-refractivity contribution in [2.75, 3.05) is 36.2 Å². The quantitative estimate of drug-likeness (QED) is 0.804. The van der Waals surface area contributed by atoms with Crippen molar-refractivity contribution in [3.05, 3.63) is 17.7 Å². The van der Waals surface area contributed by atoms with E-state index in [1.165, 1.54) is 12.8 Å². The van der Waals surface area contributed by atoms with Crippen molar-refractivity contribution in [2.24, 2.45) is 0 Å². The van der Waals surface area contributed by atoms with Gasteiger partial charge in [0, 0.05) is 31.8 Å². The molecule has 1 fully saturated rings. The van der Waals surface area contributed by atoms with Crippen LogP contribution in [0.2, 0.25) is 0 Å². The summed E-state index contributed by atoms with van der Waals surface area (Å²) >= 11 is 0. The van der Waals surface area contributed by atoms with Crippen LogP contribution in [0.5, 0.6) is 0 Å². The number of benzene rings is 1. The van der Waals surface area contributed by atoms with Gasteiger partial charge in [0.05, 0.1) is 18.0 Å². The Morgan fingerprint density at radius 3 is 2.90 bits per heavy atom. The molecule has 0 spiro atoms. The van der Waals surface area contributed by atoms with Crippen LogP contribution in [-0.4, -0.2) is 32.2 Å². The Labute approximate surface area is 119 Å². The molecule has 1 aliphatic heterocycles. The largest absolute Gasteiger partial charge is 0.397 e. The van der Waals surface area contributed by atoms with Gasteiger partial charge < -0.3 is 20.7 Å². The Kier molecular flexibility index (Phi) is 3.53. The summed E-state index contributed by atoms with van der Waals surface area (Å²) in [5.74, 6) is 0.0862. The smallest absolute Gasteiger partial charge is 0.224 e. The van der Waals surface area contributed by atoms with E-state index in [9.17, 15) is 4.79 Å². The Morgan fingerprint density at radius 2 is 2.20 bits per heavy atom. The second-order valence-electron chi connectivity index (χ2n) is 5.53. The number of nitrogens with zero attached hydrogens (tertiary/aromatic N) is 1. The number of nitrogens with one attached hydrogen (secondary N) is 1. The number of fused-ring (bicyclic) bond motifs is 1. The molecule has 1 aromatic rings. The lowest BCUT2D eigenvalue weighted by Gasteiger charge is -2.28. The zero-order chi connectivity index (χ0) is 14.1. The molecule has 3 N–H and O–H groups in total. The van der Waals surface area contributed by atoms with Crippen LogP contribution in [0.1, 0.15) is 24.8 Å². The lowest BCUT2D eigenvalue weighted by atomic mass is 10.0. The highest BCUT2D eigenvalue weighted by atomic mass is 16.5. The zero-order valence-corrected chi connectivity index (χ0v) is 11.8. The second-order valence-corrected chi connectivity index (χ2v) is 5.53. The van der Waals surface area contributed by atoms with Gasteiger partial charge >= 0.3 is 0 Å². The summed E-state index contributed by atoms with van der Waals surface area (Å²) in [6.45, 7) is 1.51. The van der Waals surface area contributed by atoms with Gasteiger partial charge in [0.15, 0.2) is 0 Å². The number of nitrogens with two attached hydrogens (primary N) is 1. The van der Waals surface area contributed by atoms with Gasteiger partial charge in [-0.2, -0.15) is 0 Å². The summed E-state index contributed by atoms with van der Waals surface area (Å²) in [5.41, 5.74) is 10.1. The molecule has 0 bridgehead atoms. The third kappa shape index (κ3) is 2.58. The molecule has 1 aromatic carbocycles. The number of nitrogen functional groups attached to an aromatic ring is 1. The number of anilines is 3. The Balaban J connectivity index is 1.91. The molecule has 3 rings (SSSR count). The molecular weight excluding hydrogens is 254 g/mol. The first kappa shape index (κ1) is 13.2. The van der Waals surface area contributed by atoms with Gasteiger partial charge in [-0.15, -0.1) is 0 Å². The van der Waals surface area contributed by atoms with Gasteiger partial charge in [-0.25, -0.2) is 0 Å². The number of amides is 1. The molecule has 0 saturated heterocycles. The van der Waals surface area contributed by atoms with E-state index in [0.717, 1.165) is 35.6 Å². The van der Waals surface area contributed by atoms with Crippen LogP contribution >= 0.6 is 0 Å². The van der Waals surface area contributed by atoms with Gasteiger partial charge in [0.25, 0.3) is 0 Å². The second kappa shape index (κ2) is 5.32. The standard InChI is InChI=1S/C15H21N3O2/c1-20-7-6-18(11-3-4-11)14-9-13-10(8-12(14)16)2-5-15(19)17-13/h8-9,11H,2-7,16H2,1H3,(H,17,19). The van der Waals surface area contributed by atoms with Crippen molar-refractivity contribution in [2.45, 2.75) is 31.7 Å². The van der Waals surface area contributed by atoms with E-state index in [2.05, 4.69) is 10.2 Å². The number of rotatable bonds is 5. The van der Waals surface area contributed by atoms with Crippen LogP contribution in [0.25, 0.3) is 0 Å². The third-order valence-corrected chi connectivity index (χ3v) is 3.98. The Hall–Kier alpha value is -1.75. The van der Waals surface area contributed by atoms with Crippen molar-refractivity contribution < 1.29 is 9.53 Å². The van der Waals surface area contributed by atoms with Crippen LogP contribution in [0.15, 0.2) is 12.1 Å². The zero-order valence-electron chi connectivity index (χ0n) is 11.8. The van der Waals surface area contributed by atoms with Crippen molar-refractivity contribution >= 4 is 23.0 Å². The summed E-state index contributed by atoms with van der Waals surface area (Å²) in [6.07, 6.45) is 3.72. The van der Waals surface area contributed by atoms with Crippen LogP contribution in [0.3, 0.4) is 0 Å². The maximum atomic E-state index is 11.5. The maximum Gasteiger partial charge on any atom is 0.224 e. The highest BCUT2D eigenvalue weighted by Gasteiger charge is 2.31. The topological polar surface area (TPSA) is 67.6 Å². The van der Waals surface area contributed by atoms with Gasteiger partial charge in [-0.05, 0) is 37.0 Å². The van der Waals surface area contributed by atoms with E-state index >= 15 is 0 Å². The number of methoxy groups -OCH3 is 1. The van der Waals surface area contributed by atoms with E-state index in [-0.39, 0.29) is 5.91 Å². The molecule has 1 amide bonds. The fourth-order valence-electron chi connectivity index (χ4n) is 2.76. The average molecular weight is 275 g/mol. The van der Waals surface area contributed by atoms with E-state index in [4.69, 9.17) is 10.5 Å². The first-order chi connectivity index (χ1) is 9.69. The molecule has 0 radical (unpaired) electrons. The molecule has 5 heteroatoms. The number of hydrogen-bond donors (Lipinski definition) is 2. The molecule has 1 heterocycles. The summed E-state index contributed by atoms with van der Waals surface area (Å²) in [7, 11) is 1.71. The van der Waals surface area contributed by atoms with E-state index in [1.54, 1.807) is 7.11 Å². The van der Waals surface area contributed by atoms with Crippen LogP contribution in [-0.2, 0) is 16.0 Å². The minimum atomic E-state index is 0.0862. The average Bonchev–Trinajstić information content (AvgIpc) is 3.25. The van der Waals surface area contributed by atoms with Crippen LogP contribution < -0.4 is 16.0 Å². The van der Waals surface area contributed by atoms with Crippen molar-refractivity contribution in [3.8, 4) is 0 Å². The van der Waals surface area contributed by atoms with Gasteiger partial charge in [0.2, 0.25) is 5.91 Å². The lowest BCUT2D eigenvalue weighted by molar-refractivity contribution is -0.116. The number of hydrogen-bond acceptors (Lipinski definition) is 4. The van der Waals surface area contributed by atoms with Crippen molar-refractivity contribution in [3.63, 3.8) is 0 Å². The monoisotopic (exact) mass is 275 g/mol. The number of carbonyl (C=O) groups excluding carboxylic acids is 1. The first-order valence-electron chi connectivity index (χ1n) is 7.17. The SMILES string of the molecule is COCCN(c1cc2c(cc1N)CCC(=O)N2)C1CC1. The summed E-state index contributed by atoms with van der Waals surface area (Å²) < 4.78 is 5.19. The number of aryl methyl sites for hydroxylation is 1. The normalized spacial score (nSPS) is 17.6. The van der Waals surface area contributed by atoms with Gasteiger partial charge in [-0.3, -0.25) is 4.79 Å². The lowest BCUT2D eigenvalue weighted by Crippen LogP contribution is -2.30. The highest BCUT2D eigenvalue weighted by Crippen LogP contribution is 2.38. The Bertz CT molecular complexity index is 526. The first-order valence-corrected chi connectivity index (χ1v) is 7.17. The van der Waals surface area contributed by atoms with E-state index in [0.29, 0.717) is 19.1 Å². The minimum absolute atomic E-state index is 0.0862. The molecule has 108 valence electrons. The fraction of sp³-hybridized carbons (Fsp3) is 0.533. The molecule has 0 aromatic heterocycles. The third-order valence-electron chi connectivity index (χ3n) is 3.98. The molecule has 2 aliphatic rings. The number of ether oxygens (including phenoxy) is 1. The molecular formula is C15H21N3O2. The summed E-state index contributed by atoms with van der Waals surface area (Å²) in [4.78, 5) is 13.8. The van der Waals surface area contributed by atoms with Gasteiger partial charge in [0.1, 0.15) is 0 Å². The van der Waals surface area contributed by atoms with Crippen molar-refractivity contribution in [1.82, 2.24) is 0 Å². The molecule has 1 saturated carbocycles. The van der Waals surface area contributed by atoms with E-state index < -0.39 is 0 Å². The minimum Gasteiger partial charge on any atom is -0.397 e. The van der Waals surface area contributed by atoms with Crippen LogP contribution in [0.4, 0.5) is 17.1 Å². The molecule has 20 heavy (non-hydrogen) atoms. The summed E-state index contributed by atoms with van der Waals surface area (Å²) in [6, 6.07) is 4.59. The summed E-state index contributed by atoms with van der Waals surface area (Å²) in [5, 5.41) is 2.95. The maximum absolute atomic E-state index is 11.5. The van der Waals surface area contributed by atoms with Gasteiger partial charge in [-0.1, -0.05) is 0 Å². The van der Waals surface area contributed by atoms with Crippen molar-refractivity contribution in [1.29, 1.82) is 0 Å². The van der Waals surface area contributed by atoms with E-state index in [1.807, 2.05) is 12.1 Å². The molecule has 5 nitrogen and oxygen atoms in total. The van der Waals surface area contributed by atoms with Crippen LogP contribution in [0, 0.1) is 0 Å².